The zero-order chi connectivity index (χ0) is 9.84. The predicted molar refractivity (Wildman–Crippen MR) is 50.0 cm³/mol. The summed E-state index contributed by atoms with van der Waals surface area (Å²) in [4.78, 5) is 18.4. The van der Waals surface area contributed by atoms with Crippen molar-refractivity contribution >= 4 is 5.97 Å². The standard InChI is InChI=1S/C9H16N2O2/c1-8(2)9(12)13-11-6-4-10(3)5-7-11/h1,4-7H2,2-3H3. The zero-order valence-electron chi connectivity index (χ0n) is 8.25. The quantitative estimate of drug-likeness (QED) is 0.577. The second-order valence-corrected chi connectivity index (χ2v) is 3.39. The Bertz CT molecular complexity index is 208. The second-order valence-electron chi connectivity index (χ2n) is 3.39. The summed E-state index contributed by atoms with van der Waals surface area (Å²) < 4.78 is 0. The molecular weight excluding hydrogens is 168 g/mol. The van der Waals surface area contributed by atoms with Crippen LogP contribution in [-0.4, -0.2) is 49.2 Å². The van der Waals surface area contributed by atoms with Gasteiger partial charge in [-0.1, -0.05) is 6.58 Å². The highest BCUT2D eigenvalue weighted by atomic mass is 16.7. The maximum Gasteiger partial charge on any atom is 0.352 e. The second kappa shape index (κ2) is 4.39. The van der Waals surface area contributed by atoms with Gasteiger partial charge < -0.3 is 9.74 Å². The smallest absolute Gasteiger partial charge is 0.352 e. The van der Waals surface area contributed by atoms with Gasteiger partial charge in [0.25, 0.3) is 0 Å². The molecule has 0 saturated carbocycles. The number of nitrogens with zero attached hydrogens (tertiary/aromatic N) is 2. The number of hydrogen-bond donors (Lipinski definition) is 0. The van der Waals surface area contributed by atoms with E-state index in [-0.39, 0.29) is 5.97 Å². The third-order valence-electron chi connectivity index (χ3n) is 2.02. The third kappa shape index (κ3) is 3.16. The lowest BCUT2D eigenvalue weighted by Gasteiger charge is -2.30. The molecule has 0 aliphatic carbocycles. The summed E-state index contributed by atoms with van der Waals surface area (Å²) in [5, 5.41) is 1.69. The van der Waals surface area contributed by atoms with Crippen LogP contribution in [0.1, 0.15) is 6.92 Å². The van der Waals surface area contributed by atoms with E-state index >= 15 is 0 Å². The molecule has 0 aromatic rings. The molecule has 0 atom stereocenters. The topological polar surface area (TPSA) is 32.8 Å². The molecule has 0 radical (unpaired) electrons. The van der Waals surface area contributed by atoms with Crippen LogP contribution in [-0.2, 0) is 9.63 Å². The molecule has 1 saturated heterocycles. The van der Waals surface area contributed by atoms with E-state index in [2.05, 4.69) is 18.5 Å². The van der Waals surface area contributed by atoms with Crippen molar-refractivity contribution in [1.82, 2.24) is 9.96 Å². The van der Waals surface area contributed by atoms with Gasteiger partial charge in [0.1, 0.15) is 0 Å². The van der Waals surface area contributed by atoms with Crippen molar-refractivity contribution in [1.29, 1.82) is 0 Å². The Hall–Kier alpha value is -0.870. The summed E-state index contributed by atoms with van der Waals surface area (Å²) in [7, 11) is 2.05. The Morgan fingerprint density at radius 2 is 1.85 bits per heavy atom. The van der Waals surface area contributed by atoms with Crippen LogP contribution in [0, 0.1) is 0 Å². The van der Waals surface area contributed by atoms with Gasteiger partial charge in [-0.2, -0.15) is 0 Å². The molecule has 13 heavy (non-hydrogen) atoms. The molecule has 1 rings (SSSR count). The van der Waals surface area contributed by atoms with Crippen molar-refractivity contribution in [3.63, 3.8) is 0 Å². The van der Waals surface area contributed by atoms with E-state index in [1.54, 1.807) is 12.0 Å². The monoisotopic (exact) mass is 184 g/mol. The lowest BCUT2D eigenvalue weighted by atomic mass is 10.4. The van der Waals surface area contributed by atoms with Gasteiger partial charge in [-0.15, -0.1) is 5.06 Å². The van der Waals surface area contributed by atoms with Crippen LogP contribution in [0.15, 0.2) is 12.2 Å². The number of likely N-dealkylation sites (N-methyl/N-ethyl adjacent to an activating group) is 1. The van der Waals surface area contributed by atoms with E-state index in [0.29, 0.717) is 5.57 Å². The first-order chi connectivity index (χ1) is 6.09. The average Bonchev–Trinajstić information content (AvgIpc) is 2.08. The van der Waals surface area contributed by atoms with Crippen LogP contribution in [0.4, 0.5) is 0 Å². The van der Waals surface area contributed by atoms with Gasteiger partial charge in [0, 0.05) is 31.8 Å². The van der Waals surface area contributed by atoms with Crippen molar-refractivity contribution in [2.45, 2.75) is 6.92 Å². The van der Waals surface area contributed by atoms with Crippen LogP contribution in [0.2, 0.25) is 0 Å². The summed E-state index contributed by atoms with van der Waals surface area (Å²) >= 11 is 0. The highest BCUT2D eigenvalue weighted by Gasteiger charge is 2.17. The SMILES string of the molecule is C=C(C)C(=O)ON1CCN(C)CC1. The Morgan fingerprint density at radius 1 is 1.31 bits per heavy atom. The normalized spacial score (nSPS) is 19.8. The van der Waals surface area contributed by atoms with E-state index in [4.69, 9.17) is 4.84 Å². The van der Waals surface area contributed by atoms with Gasteiger partial charge in [-0.25, -0.2) is 4.79 Å². The molecule has 0 aromatic heterocycles. The van der Waals surface area contributed by atoms with Crippen LogP contribution in [0.5, 0.6) is 0 Å². The highest BCUT2D eigenvalue weighted by Crippen LogP contribution is 2.02. The lowest BCUT2D eigenvalue weighted by Crippen LogP contribution is -2.45. The van der Waals surface area contributed by atoms with E-state index in [1.165, 1.54) is 0 Å². The molecule has 0 bridgehead atoms. The Balaban J connectivity index is 2.30. The molecule has 1 heterocycles. The fourth-order valence-electron chi connectivity index (χ4n) is 1.07. The molecule has 4 nitrogen and oxygen atoms in total. The Morgan fingerprint density at radius 3 is 2.31 bits per heavy atom. The van der Waals surface area contributed by atoms with Crippen molar-refractivity contribution in [3.05, 3.63) is 12.2 Å². The summed E-state index contributed by atoms with van der Waals surface area (Å²) in [6, 6.07) is 0. The van der Waals surface area contributed by atoms with Crippen molar-refractivity contribution in [3.8, 4) is 0 Å². The highest BCUT2D eigenvalue weighted by molar-refractivity contribution is 5.86. The van der Waals surface area contributed by atoms with Crippen molar-refractivity contribution in [2.75, 3.05) is 33.2 Å². The number of carbonyl (C=O) groups is 1. The number of hydrogen-bond acceptors (Lipinski definition) is 4. The molecule has 4 heteroatoms. The minimum Gasteiger partial charge on any atom is -0.364 e. The van der Waals surface area contributed by atoms with Crippen molar-refractivity contribution < 1.29 is 9.63 Å². The fourth-order valence-corrected chi connectivity index (χ4v) is 1.07. The maximum absolute atomic E-state index is 11.1. The van der Waals surface area contributed by atoms with E-state index in [0.717, 1.165) is 26.2 Å². The minimum atomic E-state index is -0.329. The average molecular weight is 184 g/mol. The first kappa shape index (κ1) is 10.2. The molecule has 1 aliphatic heterocycles. The number of hydroxylamine groups is 2. The number of rotatable bonds is 2. The van der Waals surface area contributed by atoms with Gasteiger partial charge in [0.15, 0.2) is 0 Å². The van der Waals surface area contributed by atoms with E-state index in [9.17, 15) is 4.79 Å². The minimum absolute atomic E-state index is 0.329. The van der Waals surface area contributed by atoms with Gasteiger partial charge in [0.05, 0.1) is 0 Å². The molecule has 1 aliphatic rings. The molecule has 0 aromatic carbocycles. The largest absolute Gasteiger partial charge is 0.364 e. The predicted octanol–water partition coefficient (Wildman–Crippen LogP) is 0.268. The first-order valence-corrected chi connectivity index (χ1v) is 4.41. The number of piperazine rings is 1. The van der Waals surface area contributed by atoms with Gasteiger partial charge in [0.2, 0.25) is 0 Å². The van der Waals surface area contributed by atoms with E-state index < -0.39 is 0 Å². The van der Waals surface area contributed by atoms with Crippen LogP contribution in [0.25, 0.3) is 0 Å². The first-order valence-electron chi connectivity index (χ1n) is 4.41. The number of carbonyl (C=O) groups excluding carboxylic acids is 1. The summed E-state index contributed by atoms with van der Waals surface area (Å²) in [5.74, 6) is -0.329. The van der Waals surface area contributed by atoms with Crippen LogP contribution >= 0.6 is 0 Å². The van der Waals surface area contributed by atoms with Gasteiger partial charge in [-0.05, 0) is 14.0 Å². The summed E-state index contributed by atoms with van der Waals surface area (Å²) in [6.07, 6.45) is 0. The van der Waals surface area contributed by atoms with Gasteiger partial charge in [-0.3, -0.25) is 0 Å². The molecule has 0 unspecified atom stereocenters. The molecular formula is C9H16N2O2. The van der Waals surface area contributed by atoms with Gasteiger partial charge >= 0.3 is 5.97 Å². The van der Waals surface area contributed by atoms with Crippen LogP contribution < -0.4 is 0 Å². The molecule has 74 valence electrons. The molecule has 1 fully saturated rings. The fraction of sp³-hybridized carbons (Fsp3) is 0.667. The van der Waals surface area contributed by atoms with Crippen molar-refractivity contribution in [2.24, 2.45) is 0 Å². The maximum atomic E-state index is 11.1. The third-order valence-corrected chi connectivity index (χ3v) is 2.02. The molecule has 0 amide bonds. The summed E-state index contributed by atoms with van der Waals surface area (Å²) in [6.45, 7) is 8.59. The van der Waals surface area contributed by atoms with E-state index in [1.807, 2.05) is 0 Å². The molecule has 0 spiro atoms. The Labute approximate surface area is 78.7 Å². The summed E-state index contributed by atoms with van der Waals surface area (Å²) in [5.41, 5.74) is 0.443. The molecule has 0 N–H and O–H groups in total. The van der Waals surface area contributed by atoms with Crippen LogP contribution in [0.3, 0.4) is 0 Å². The lowest BCUT2D eigenvalue weighted by molar-refractivity contribution is -0.191. The zero-order valence-corrected chi connectivity index (χ0v) is 8.25. The Kier molecular flexibility index (Phi) is 3.45.